The lowest BCUT2D eigenvalue weighted by Crippen LogP contribution is -1.98. The Kier molecular flexibility index (Phi) is 4.48. The summed E-state index contributed by atoms with van der Waals surface area (Å²) in [4.78, 5) is 0. The SMILES string of the molecule is Cc1ccc(C#N)cc1OC/C(Cl)=C/Cl. The van der Waals surface area contributed by atoms with E-state index < -0.39 is 0 Å². The van der Waals surface area contributed by atoms with Gasteiger partial charge in [-0.1, -0.05) is 29.3 Å². The van der Waals surface area contributed by atoms with E-state index in [9.17, 15) is 0 Å². The van der Waals surface area contributed by atoms with E-state index in [1.165, 1.54) is 5.54 Å². The van der Waals surface area contributed by atoms with Gasteiger partial charge in [-0.3, -0.25) is 0 Å². The van der Waals surface area contributed by atoms with Crippen molar-refractivity contribution in [1.82, 2.24) is 0 Å². The first kappa shape index (κ1) is 11.9. The third-order valence-corrected chi connectivity index (χ3v) is 2.39. The minimum absolute atomic E-state index is 0.209. The molecule has 0 saturated heterocycles. The van der Waals surface area contributed by atoms with Crippen molar-refractivity contribution >= 4 is 23.2 Å². The maximum atomic E-state index is 8.71. The van der Waals surface area contributed by atoms with Gasteiger partial charge in [-0.2, -0.15) is 5.26 Å². The van der Waals surface area contributed by atoms with Gasteiger partial charge in [0.2, 0.25) is 0 Å². The van der Waals surface area contributed by atoms with Gasteiger partial charge in [0.15, 0.2) is 0 Å². The highest BCUT2D eigenvalue weighted by Crippen LogP contribution is 2.20. The van der Waals surface area contributed by atoms with Crippen molar-refractivity contribution in [2.24, 2.45) is 0 Å². The number of aryl methyl sites for hydroxylation is 1. The number of benzene rings is 1. The normalized spacial score (nSPS) is 10.9. The topological polar surface area (TPSA) is 33.0 Å². The molecule has 0 aliphatic rings. The Morgan fingerprint density at radius 3 is 2.93 bits per heavy atom. The first-order valence-electron chi connectivity index (χ1n) is 4.25. The molecule has 0 fully saturated rings. The Bertz CT molecular complexity index is 421. The van der Waals surface area contributed by atoms with Gasteiger partial charge in [-0.05, 0) is 24.6 Å². The molecular formula is C11H9Cl2NO. The molecule has 0 atom stereocenters. The van der Waals surface area contributed by atoms with Crippen molar-refractivity contribution in [3.05, 3.63) is 39.9 Å². The molecule has 15 heavy (non-hydrogen) atoms. The minimum atomic E-state index is 0.209. The van der Waals surface area contributed by atoms with Crippen molar-refractivity contribution in [3.8, 4) is 11.8 Å². The van der Waals surface area contributed by atoms with Gasteiger partial charge in [0.05, 0.1) is 16.7 Å². The zero-order valence-electron chi connectivity index (χ0n) is 8.13. The summed E-state index contributed by atoms with van der Waals surface area (Å²) in [5.41, 5.74) is 2.76. The highest BCUT2D eigenvalue weighted by Gasteiger charge is 2.02. The lowest BCUT2D eigenvalue weighted by molar-refractivity contribution is 0.356. The van der Waals surface area contributed by atoms with Crippen LogP contribution in [0.2, 0.25) is 0 Å². The minimum Gasteiger partial charge on any atom is -0.488 e. The number of hydrogen-bond donors (Lipinski definition) is 0. The standard InChI is InChI=1S/C11H9Cl2NO/c1-8-2-3-9(6-14)4-11(8)15-7-10(13)5-12/h2-5H,7H2,1H3/b10-5-. The molecule has 0 radical (unpaired) electrons. The summed E-state index contributed by atoms with van der Waals surface area (Å²) in [5, 5.41) is 9.13. The first-order chi connectivity index (χ1) is 7.17. The molecule has 0 heterocycles. The van der Waals surface area contributed by atoms with Gasteiger partial charge in [0.25, 0.3) is 0 Å². The summed E-state index contributed by atoms with van der Waals surface area (Å²) in [6.45, 7) is 2.11. The van der Waals surface area contributed by atoms with Crippen LogP contribution in [0.4, 0.5) is 0 Å². The number of rotatable bonds is 3. The largest absolute Gasteiger partial charge is 0.488 e. The van der Waals surface area contributed by atoms with Crippen LogP contribution in [-0.2, 0) is 0 Å². The van der Waals surface area contributed by atoms with Crippen LogP contribution in [0, 0.1) is 18.3 Å². The average molecular weight is 242 g/mol. The van der Waals surface area contributed by atoms with Gasteiger partial charge in [0.1, 0.15) is 12.4 Å². The van der Waals surface area contributed by atoms with Crippen molar-refractivity contribution < 1.29 is 4.74 Å². The van der Waals surface area contributed by atoms with E-state index in [4.69, 9.17) is 33.2 Å². The zero-order valence-corrected chi connectivity index (χ0v) is 9.64. The van der Waals surface area contributed by atoms with E-state index >= 15 is 0 Å². The summed E-state index contributed by atoms with van der Waals surface area (Å²) >= 11 is 11.1. The second-order valence-electron chi connectivity index (χ2n) is 2.94. The van der Waals surface area contributed by atoms with Crippen molar-refractivity contribution in [2.45, 2.75) is 6.92 Å². The Labute approximate surface area is 98.7 Å². The highest BCUT2D eigenvalue weighted by atomic mass is 35.5. The monoisotopic (exact) mass is 241 g/mol. The number of halogens is 2. The van der Waals surface area contributed by atoms with Crippen LogP contribution in [0.25, 0.3) is 0 Å². The Balaban J connectivity index is 2.81. The molecule has 0 unspecified atom stereocenters. The predicted octanol–water partition coefficient (Wildman–Crippen LogP) is 3.56. The van der Waals surface area contributed by atoms with Crippen LogP contribution in [0.15, 0.2) is 28.8 Å². The van der Waals surface area contributed by atoms with Gasteiger partial charge < -0.3 is 4.74 Å². The van der Waals surface area contributed by atoms with Crippen molar-refractivity contribution in [2.75, 3.05) is 6.61 Å². The maximum Gasteiger partial charge on any atom is 0.125 e. The molecule has 0 aromatic heterocycles. The zero-order chi connectivity index (χ0) is 11.3. The van der Waals surface area contributed by atoms with Crippen LogP contribution in [0.5, 0.6) is 5.75 Å². The smallest absolute Gasteiger partial charge is 0.125 e. The first-order valence-corrected chi connectivity index (χ1v) is 5.07. The van der Waals surface area contributed by atoms with Crippen LogP contribution in [0.1, 0.15) is 11.1 Å². The van der Waals surface area contributed by atoms with E-state index in [1.54, 1.807) is 12.1 Å². The van der Waals surface area contributed by atoms with Gasteiger partial charge in [-0.15, -0.1) is 0 Å². The third-order valence-electron chi connectivity index (χ3n) is 1.80. The second-order valence-corrected chi connectivity index (χ2v) is 3.64. The molecule has 1 aromatic carbocycles. The second kappa shape index (κ2) is 5.65. The van der Waals surface area contributed by atoms with Gasteiger partial charge in [0, 0.05) is 5.54 Å². The number of ether oxygens (including phenoxy) is 1. The van der Waals surface area contributed by atoms with Gasteiger partial charge >= 0.3 is 0 Å². The van der Waals surface area contributed by atoms with Crippen molar-refractivity contribution in [3.63, 3.8) is 0 Å². The Hall–Kier alpha value is -1.17. The molecule has 0 amide bonds. The summed E-state index contributed by atoms with van der Waals surface area (Å²) in [6.07, 6.45) is 0. The quantitative estimate of drug-likeness (QED) is 0.811. The van der Waals surface area contributed by atoms with E-state index in [0.717, 1.165) is 5.56 Å². The molecule has 0 aliphatic carbocycles. The lowest BCUT2D eigenvalue weighted by atomic mass is 10.1. The molecule has 0 bridgehead atoms. The molecule has 0 aliphatic heterocycles. The van der Waals surface area contributed by atoms with Crippen LogP contribution >= 0.6 is 23.2 Å². The molecule has 4 heteroatoms. The summed E-state index contributed by atoms with van der Waals surface area (Å²) in [5.74, 6) is 0.644. The molecule has 0 saturated carbocycles. The fraction of sp³-hybridized carbons (Fsp3) is 0.182. The van der Waals surface area contributed by atoms with Crippen LogP contribution in [-0.4, -0.2) is 6.61 Å². The summed E-state index contributed by atoms with van der Waals surface area (Å²) < 4.78 is 5.40. The fourth-order valence-corrected chi connectivity index (χ4v) is 1.12. The van der Waals surface area contributed by atoms with E-state index in [0.29, 0.717) is 16.3 Å². The number of nitriles is 1. The summed E-state index contributed by atoms with van der Waals surface area (Å²) in [6, 6.07) is 7.28. The molecule has 1 aromatic rings. The number of hydrogen-bond acceptors (Lipinski definition) is 2. The maximum absolute atomic E-state index is 8.71. The molecule has 0 spiro atoms. The molecule has 1 rings (SSSR count). The van der Waals surface area contributed by atoms with Gasteiger partial charge in [-0.25, -0.2) is 0 Å². The Morgan fingerprint density at radius 2 is 2.33 bits per heavy atom. The van der Waals surface area contributed by atoms with Crippen LogP contribution < -0.4 is 4.74 Å². The average Bonchev–Trinajstić information content (AvgIpc) is 2.27. The van der Waals surface area contributed by atoms with E-state index in [-0.39, 0.29) is 6.61 Å². The van der Waals surface area contributed by atoms with E-state index in [2.05, 4.69) is 0 Å². The lowest BCUT2D eigenvalue weighted by Gasteiger charge is -2.08. The molecule has 2 nitrogen and oxygen atoms in total. The van der Waals surface area contributed by atoms with Crippen LogP contribution in [0.3, 0.4) is 0 Å². The molecule has 78 valence electrons. The Morgan fingerprint density at radius 1 is 1.60 bits per heavy atom. The summed E-state index contributed by atoms with van der Waals surface area (Å²) in [7, 11) is 0. The van der Waals surface area contributed by atoms with E-state index in [1.807, 2.05) is 19.1 Å². The van der Waals surface area contributed by atoms with Crippen molar-refractivity contribution in [1.29, 1.82) is 5.26 Å². The number of nitrogens with zero attached hydrogens (tertiary/aromatic N) is 1. The fourth-order valence-electron chi connectivity index (χ4n) is 1.00. The predicted molar refractivity (Wildman–Crippen MR) is 61.2 cm³/mol. The molecule has 0 N–H and O–H groups in total. The third kappa shape index (κ3) is 3.47. The molecular weight excluding hydrogens is 233 g/mol. The highest BCUT2D eigenvalue weighted by molar-refractivity contribution is 6.36.